The Labute approximate surface area is 86.4 Å². The van der Waals surface area contributed by atoms with Gasteiger partial charge in [0, 0.05) is 11.8 Å². The van der Waals surface area contributed by atoms with E-state index in [9.17, 15) is 5.11 Å². The van der Waals surface area contributed by atoms with Gasteiger partial charge in [-0.05, 0) is 18.6 Å². The van der Waals surface area contributed by atoms with Gasteiger partial charge in [-0.1, -0.05) is 11.6 Å². The first-order valence-electron chi connectivity index (χ1n) is 3.94. The summed E-state index contributed by atoms with van der Waals surface area (Å²) in [6.45, 7) is 1.72. The number of aryl methyl sites for hydroxylation is 1. The van der Waals surface area contributed by atoms with Gasteiger partial charge in [0.25, 0.3) is 0 Å². The first-order chi connectivity index (χ1) is 6.56. The SMILES string of the molecule is Cc1cc(Cl)ncc1C(O)C(O)C#N. The smallest absolute Gasteiger partial charge is 0.170 e. The molecule has 0 aromatic carbocycles. The summed E-state index contributed by atoms with van der Waals surface area (Å²) in [4.78, 5) is 3.76. The minimum Gasteiger partial charge on any atom is -0.384 e. The van der Waals surface area contributed by atoms with Gasteiger partial charge in [-0.25, -0.2) is 4.98 Å². The Bertz CT molecular complexity index is 376. The van der Waals surface area contributed by atoms with Gasteiger partial charge in [0.05, 0.1) is 6.07 Å². The molecule has 1 rings (SSSR count). The second-order valence-electron chi connectivity index (χ2n) is 2.88. The number of nitriles is 1. The van der Waals surface area contributed by atoms with Crippen molar-refractivity contribution in [2.45, 2.75) is 19.1 Å². The van der Waals surface area contributed by atoms with Crippen LogP contribution in [-0.2, 0) is 0 Å². The Morgan fingerprint density at radius 2 is 2.21 bits per heavy atom. The molecule has 0 radical (unpaired) electrons. The highest BCUT2D eigenvalue weighted by Crippen LogP contribution is 2.21. The molecule has 4 nitrogen and oxygen atoms in total. The third kappa shape index (κ3) is 2.20. The second-order valence-corrected chi connectivity index (χ2v) is 3.27. The molecule has 0 saturated heterocycles. The molecule has 2 unspecified atom stereocenters. The summed E-state index contributed by atoms with van der Waals surface area (Å²) in [6.07, 6.45) is -1.34. The summed E-state index contributed by atoms with van der Waals surface area (Å²) in [6, 6.07) is 3.11. The van der Waals surface area contributed by atoms with Gasteiger partial charge in [0.2, 0.25) is 0 Å². The van der Waals surface area contributed by atoms with Crippen LogP contribution < -0.4 is 0 Å². The summed E-state index contributed by atoms with van der Waals surface area (Å²) >= 11 is 5.61. The quantitative estimate of drug-likeness (QED) is 0.566. The Morgan fingerprint density at radius 1 is 1.57 bits per heavy atom. The standard InChI is InChI=1S/C9H9ClN2O2/c1-5-2-8(10)12-4-6(5)9(14)7(13)3-11/h2,4,7,9,13-14H,1H3. The lowest BCUT2D eigenvalue weighted by Gasteiger charge is -2.13. The van der Waals surface area contributed by atoms with Crippen LogP contribution in [0.1, 0.15) is 17.2 Å². The van der Waals surface area contributed by atoms with Gasteiger partial charge < -0.3 is 10.2 Å². The number of aromatic nitrogens is 1. The van der Waals surface area contributed by atoms with Crippen molar-refractivity contribution >= 4 is 11.6 Å². The molecule has 2 atom stereocenters. The Balaban J connectivity index is 3.03. The molecule has 0 aliphatic rings. The largest absolute Gasteiger partial charge is 0.384 e. The number of aliphatic hydroxyl groups excluding tert-OH is 2. The number of hydrogen-bond donors (Lipinski definition) is 2. The van der Waals surface area contributed by atoms with E-state index in [1.54, 1.807) is 19.1 Å². The van der Waals surface area contributed by atoms with E-state index in [4.69, 9.17) is 22.0 Å². The molecule has 74 valence electrons. The first kappa shape index (κ1) is 10.9. The maximum Gasteiger partial charge on any atom is 0.170 e. The summed E-state index contributed by atoms with van der Waals surface area (Å²) in [7, 11) is 0. The average molecular weight is 213 g/mol. The van der Waals surface area contributed by atoms with Crippen LogP contribution in [0.5, 0.6) is 0 Å². The van der Waals surface area contributed by atoms with Crippen LogP contribution in [0.3, 0.4) is 0 Å². The zero-order valence-corrected chi connectivity index (χ0v) is 8.23. The highest BCUT2D eigenvalue weighted by molar-refractivity contribution is 6.29. The van der Waals surface area contributed by atoms with E-state index in [2.05, 4.69) is 4.98 Å². The molecule has 0 spiro atoms. The van der Waals surface area contributed by atoms with Crippen molar-refractivity contribution in [3.63, 3.8) is 0 Å². The van der Waals surface area contributed by atoms with Crippen LogP contribution in [0.4, 0.5) is 0 Å². The zero-order chi connectivity index (χ0) is 10.7. The number of nitrogens with zero attached hydrogens (tertiary/aromatic N) is 2. The molecule has 0 amide bonds. The monoisotopic (exact) mass is 212 g/mol. The minimum atomic E-state index is -1.45. The van der Waals surface area contributed by atoms with Crippen molar-refractivity contribution in [1.82, 2.24) is 4.98 Å². The van der Waals surface area contributed by atoms with Crippen LogP contribution in [0.2, 0.25) is 5.15 Å². The van der Waals surface area contributed by atoms with Gasteiger partial charge in [-0.3, -0.25) is 0 Å². The van der Waals surface area contributed by atoms with E-state index in [0.717, 1.165) is 0 Å². The molecule has 1 aromatic heterocycles. The maximum atomic E-state index is 9.51. The number of pyridine rings is 1. The molecule has 0 fully saturated rings. The molecular formula is C9H9ClN2O2. The summed E-state index contributed by atoms with van der Waals surface area (Å²) in [5.41, 5.74) is 1.09. The fourth-order valence-corrected chi connectivity index (χ4v) is 1.30. The van der Waals surface area contributed by atoms with E-state index in [1.807, 2.05) is 0 Å². The normalized spacial score (nSPS) is 14.5. The third-order valence-corrected chi connectivity index (χ3v) is 2.07. The van der Waals surface area contributed by atoms with Crippen LogP contribution >= 0.6 is 11.6 Å². The Hall–Kier alpha value is -1.15. The first-order valence-corrected chi connectivity index (χ1v) is 4.32. The van der Waals surface area contributed by atoms with Crippen molar-refractivity contribution in [2.75, 3.05) is 0 Å². The van der Waals surface area contributed by atoms with Crippen LogP contribution in [-0.4, -0.2) is 21.3 Å². The summed E-state index contributed by atoms with van der Waals surface area (Å²) in [5, 5.41) is 27.3. The predicted molar refractivity (Wildman–Crippen MR) is 50.6 cm³/mol. The van der Waals surface area contributed by atoms with Gasteiger partial charge in [-0.2, -0.15) is 5.26 Å². The topological polar surface area (TPSA) is 77.1 Å². The number of hydrogen-bond acceptors (Lipinski definition) is 4. The lowest BCUT2D eigenvalue weighted by molar-refractivity contribution is 0.0521. The summed E-state index contributed by atoms with van der Waals surface area (Å²) in [5.74, 6) is 0. The van der Waals surface area contributed by atoms with Crippen molar-refractivity contribution < 1.29 is 10.2 Å². The lowest BCUT2D eigenvalue weighted by Crippen LogP contribution is -2.17. The van der Waals surface area contributed by atoms with Gasteiger partial charge >= 0.3 is 0 Å². The molecule has 0 saturated carbocycles. The molecule has 1 heterocycles. The average Bonchev–Trinajstić information content (AvgIpc) is 2.15. The Morgan fingerprint density at radius 3 is 2.71 bits per heavy atom. The van der Waals surface area contributed by atoms with E-state index in [0.29, 0.717) is 16.3 Å². The maximum absolute atomic E-state index is 9.51. The highest BCUT2D eigenvalue weighted by Gasteiger charge is 2.19. The van der Waals surface area contributed by atoms with Crippen molar-refractivity contribution in [1.29, 1.82) is 5.26 Å². The fourth-order valence-electron chi connectivity index (χ4n) is 1.08. The summed E-state index contributed by atoms with van der Waals surface area (Å²) < 4.78 is 0. The number of aliphatic hydroxyl groups is 2. The van der Waals surface area contributed by atoms with Crippen LogP contribution in [0, 0.1) is 18.3 Å². The molecule has 0 aliphatic heterocycles. The third-order valence-electron chi connectivity index (χ3n) is 1.87. The van der Waals surface area contributed by atoms with Crippen molar-refractivity contribution in [3.8, 4) is 6.07 Å². The zero-order valence-electron chi connectivity index (χ0n) is 7.48. The van der Waals surface area contributed by atoms with Gasteiger partial charge in [-0.15, -0.1) is 0 Å². The van der Waals surface area contributed by atoms with E-state index < -0.39 is 12.2 Å². The van der Waals surface area contributed by atoms with E-state index >= 15 is 0 Å². The van der Waals surface area contributed by atoms with E-state index in [1.165, 1.54) is 6.20 Å². The fraction of sp³-hybridized carbons (Fsp3) is 0.333. The molecule has 5 heteroatoms. The number of rotatable bonds is 2. The molecule has 0 aliphatic carbocycles. The van der Waals surface area contributed by atoms with Gasteiger partial charge in [0.1, 0.15) is 11.3 Å². The van der Waals surface area contributed by atoms with Crippen LogP contribution in [0.25, 0.3) is 0 Å². The molecule has 14 heavy (non-hydrogen) atoms. The van der Waals surface area contributed by atoms with E-state index in [-0.39, 0.29) is 0 Å². The van der Waals surface area contributed by atoms with Crippen molar-refractivity contribution in [3.05, 3.63) is 28.5 Å². The molecule has 1 aromatic rings. The number of halogens is 1. The highest BCUT2D eigenvalue weighted by atomic mass is 35.5. The second kappa shape index (κ2) is 4.38. The molecule has 2 N–H and O–H groups in total. The minimum absolute atomic E-state index is 0.310. The Kier molecular flexibility index (Phi) is 3.42. The van der Waals surface area contributed by atoms with Crippen LogP contribution in [0.15, 0.2) is 12.3 Å². The molecule has 0 bridgehead atoms. The molecular weight excluding hydrogens is 204 g/mol. The van der Waals surface area contributed by atoms with Gasteiger partial charge in [0.15, 0.2) is 6.10 Å². The van der Waals surface area contributed by atoms with Crippen molar-refractivity contribution in [2.24, 2.45) is 0 Å². The predicted octanol–water partition coefficient (Wildman–Crippen LogP) is 0.961. The lowest BCUT2D eigenvalue weighted by atomic mass is 10.0.